The first kappa shape index (κ1) is 18.7. The topological polar surface area (TPSA) is 94.3 Å². The number of nitrogens with one attached hydrogen (secondary N) is 1. The maximum atomic E-state index is 13.6. The average Bonchev–Trinajstić information content (AvgIpc) is 2.84. The Kier molecular flexibility index (Phi) is 6.58. The number of benzene rings is 1. The van der Waals surface area contributed by atoms with Crippen LogP contribution in [-0.4, -0.2) is 29.2 Å². The summed E-state index contributed by atoms with van der Waals surface area (Å²) in [7, 11) is 0. The summed E-state index contributed by atoms with van der Waals surface area (Å²) in [6, 6.07) is 4.29. The SMILES string of the molecule is Cc1nc(NC(=O)COc2ccc(Br)cc2F)sc1SCC(N)=O. The van der Waals surface area contributed by atoms with Crippen molar-refractivity contribution < 1.29 is 18.7 Å². The Morgan fingerprint density at radius 1 is 1.50 bits per heavy atom. The summed E-state index contributed by atoms with van der Waals surface area (Å²) < 4.78 is 20.1. The summed E-state index contributed by atoms with van der Waals surface area (Å²) in [6.07, 6.45) is 0. The minimum Gasteiger partial charge on any atom is -0.481 e. The molecule has 0 fully saturated rings. The third kappa shape index (κ3) is 5.46. The molecule has 0 aliphatic carbocycles. The fourth-order valence-corrected chi connectivity index (χ4v) is 3.82. The van der Waals surface area contributed by atoms with Crippen LogP contribution in [0.3, 0.4) is 0 Å². The highest BCUT2D eigenvalue weighted by molar-refractivity contribution is 9.10. The summed E-state index contributed by atoms with van der Waals surface area (Å²) in [4.78, 5) is 26.9. The van der Waals surface area contributed by atoms with E-state index in [1.807, 2.05) is 0 Å². The Morgan fingerprint density at radius 3 is 2.92 bits per heavy atom. The minimum absolute atomic E-state index is 0.0126. The van der Waals surface area contributed by atoms with Gasteiger partial charge in [-0.25, -0.2) is 9.37 Å². The van der Waals surface area contributed by atoms with E-state index in [-0.39, 0.29) is 18.1 Å². The minimum atomic E-state index is -0.563. The fraction of sp³-hybridized carbons (Fsp3) is 0.214. The molecule has 0 aliphatic heterocycles. The molecule has 128 valence electrons. The second-order valence-electron chi connectivity index (χ2n) is 4.56. The van der Waals surface area contributed by atoms with Crippen molar-refractivity contribution in [2.75, 3.05) is 17.7 Å². The standard InChI is InChI=1S/C14H13BrFN3O3S2/c1-7-13(23-6-11(17)20)24-14(18-7)19-12(21)5-22-10-3-2-8(15)4-9(10)16/h2-4H,5-6H2,1H3,(H2,17,20)(H,18,19,21). The molecule has 2 rings (SSSR count). The second kappa shape index (κ2) is 8.45. The first-order valence-corrected chi connectivity index (χ1v) is 9.21. The zero-order valence-corrected chi connectivity index (χ0v) is 15.7. The number of rotatable bonds is 7. The molecule has 0 aliphatic rings. The molecule has 0 bridgehead atoms. The van der Waals surface area contributed by atoms with Crippen LogP contribution in [0.4, 0.5) is 9.52 Å². The predicted octanol–water partition coefficient (Wildman–Crippen LogP) is 2.95. The van der Waals surface area contributed by atoms with Crippen molar-refractivity contribution in [3.8, 4) is 5.75 Å². The number of thioether (sulfide) groups is 1. The first-order chi connectivity index (χ1) is 11.3. The molecule has 0 radical (unpaired) electrons. The smallest absolute Gasteiger partial charge is 0.264 e. The number of hydrogen-bond donors (Lipinski definition) is 2. The molecule has 0 saturated heterocycles. The van der Waals surface area contributed by atoms with Gasteiger partial charge in [-0.3, -0.25) is 14.9 Å². The van der Waals surface area contributed by atoms with Crippen molar-refractivity contribution >= 4 is 56.0 Å². The van der Waals surface area contributed by atoms with Crippen molar-refractivity contribution in [1.82, 2.24) is 4.98 Å². The molecular weight excluding hydrogens is 421 g/mol. The Morgan fingerprint density at radius 2 is 2.25 bits per heavy atom. The van der Waals surface area contributed by atoms with Crippen molar-refractivity contribution in [1.29, 1.82) is 0 Å². The van der Waals surface area contributed by atoms with Gasteiger partial charge >= 0.3 is 0 Å². The lowest BCUT2D eigenvalue weighted by molar-refractivity contribution is -0.118. The van der Waals surface area contributed by atoms with Gasteiger partial charge in [-0.1, -0.05) is 27.3 Å². The lowest BCUT2D eigenvalue weighted by Gasteiger charge is -2.06. The molecule has 0 atom stereocenters. The van der Waals surface area contributed by atoms with Gasteiger partial charge in [-0.2, -0.15) is 0 Å². The Bertz CT molecular complexity index is 770. The van der Waals surface area contributed by atoms with Gasteiger partial charge in [-0.15, -0.1) is 11.8 Å². The molecule has 2 aromatic rings. The molecule has 10 heteroatoms. The number of carbonyl (C=O) groups is 2. The van der Waals surface area contributed by atoms with E-state index in [2.05, 4.69) is 26.2 Å². The Hall–Kier alpha value is -1.65. The number of thiazole rings is 1. The fourth-order valence-electron chi connectivity index (χ4n) is 1.60. The van der Waals surface area contributed by atoms with Crippen LogP contribution in [0.5, 0.6) is 5.75 Å². The van der Waals surface area contributed by atoms with E-state index in [0.717, 1.165) is 4.21 Å². The highest BCUT2D eigenvalue weighted by Crippen LogP contribution is 2.31. The van der Waals surface area contributed by atoms with E-state index < -0.39 is 17.6 Å². The number of carbonyl (C=O) groups excluding carboxylic acids is 2. The highest BCUT2D eigenvalue weighted by Gasteiger charge is 2.13. The lowest BCUT2D eigenvalue weighted by atomic mass is 10.3. The number of ether oxygens (including phenoxy) is 1. The number of hydrogen-bond acceptors (Lipinski definition) is 6. The van der Waals surface area contributed by atoms with Crippen molar-refractivity contribution in [3.05, 3.63) is 34.2 Å². The Labute approximate surface area is 154 Å². The molecule has 0 saturated carbocycles. The predicted molar refractivity (Wildman–Crippen MR) is 95.0 cm³/mol. The monoisotopic (exact) mass is 433 g/mol. The van der Waals surface area contributed by atoms with Crippen molar-refractivity contribution in [2.45, 2.75) is 11.1 Å². The van der Waals surface area contributed by atoms with Gasteiger partial charge in [-0.05, 0) is 25.1 Å². The van der Waals surface area contributed by atoms with E-state index in [1.54, 1.807) is 13.0 Å². The van der Waals surface area contributed by atoms with Crippen molar-refractivity contribution in [2.24, 2.45) is 5.73 Å². The van der Waals surface area contributed by atoms with Gasteiger partial charge in [0.2, 0.25) is 5.91 Å². The third-order valence-electron chi connectivity index (χ3n) is 2.60. The summed E-state index contributed by atoms with van der Waals surface area (Å²) >= 11 is 5.63. The van der Waals surface area contributed by atoms with Crippen LogP contribution < -0.4 is 15.8 Å². The highest BCUT2D eigenvalue weighted by atomic mass is 79.9. The number of amides is 2. The van der Waals surface area contributed by atoms with Crippen LogP contribution in [-0.2, 0) is 9.59 Å². The van der Waals surface area contributed by atoms with Gasteiger partial charge in [0.1, 0.15) is 0 Å². The zero-order valence-electron chi connectivity index (χ0n) is 12.5. The van der Waals surface area contributed by atoms with E-state index >= 15 is 0 Å². The number of aromatic nitrogens is 1. The molecular formula is C14H13BrFN3O3S2. The van der Waals surface area contributed by atoms with Gasteiger partial charge < -0.3 is 10.5 Å². The summed E-state index contributed by atoms with van der Waals surface area (Å²) in [5, 5.41) is 2.95. The quantitative estimate of drug-likeness (QED) is 0.654. The Balaban J connectivity index is 1.90. The molecule has 1 aromatic heterocycles. The summed E-state index contributed by atoms with van der Waals surface area (Å²) in [5.41, 5.74) is 5.79. The molecule has 0 spiro atoms. The molecule has 1 heterocycles. The van der Waals surface area contributed by atoms with Crippen LogP contribution in [0.15, 0.2) is 26.9 Å². The first-order valence-electron chi connectivity index (χ1n) is 6.61. The summed E-state index contributed by atoms with van der Waals surface area (Å²) in [6.45, 7) is 1.42. The lowest BCUT2D eigenvalue weighted by Crippen LogP contribution is -2.20. The maximum absolute atomic E-state index is 13.6. The second-order valence-corrected chi connectivity index (χ2v) is 7.72. The van der Waals surface area contributed by atoms with Crippen LogP contribution in [0.2, 0.25) is 0 Å². The van der Waals surface area contributed by atoms with Gasteiger partial charge in [0.05, 0.1) is 15.7 Å². The van der Waals surface area contributed by atoms with Crippen LogP contribution in [0.1, 0.15) is 5.69 Å². The summed E-state index contributed by atoms with van der Waals surface area (Å²) in [5.74, 6) is -1.32. The van der Waals surface area contributed by atoms with Crippen LogP contribution in [0, 0.1) is 12.7 Å². The zero-order chi connectivity index (χ0) is 17.7. The number of anilines is 1. The number of halogens is 2. The van der Waals surface area contributed by atoms with E-state index in [9.17, 15) is 14.0 Å². The molecule has 24 heavy (non-hydrogen) atoms. The molecule has 1 aromatic carbocycles. The third-order valence-corrected chi connectivity index (χ3v) is 5.55. The number of primary amides is 1. The van der Waals surface area contributed by atoms with E-state index in [1.165, 1.54) is 35.2 Å². The molecule has 0 unspecified atom stereocenters. The van der Waals surface area contributed by atoms with Gasteiger partial charge in [0.15, 0.2) is 23.3 Å². The van der Waals surface area contributed by atoms with Crippen LogP contribution in [0.25, 0.3) is 0 Å². The van der Waals surface area contributed by atoms with Crippen LogP contribution >= 0.6 is 39.0 Å². The number of aryl methyl sites for hydroxylation is 1. The average molecular weight is 434 g/mol. The molecule has 2 amide bonds. The van der Waals surface area contributed by atoms with E-state index in [0.29, 0.717) is 15.3 Å². The number of nitrogens with zero attached hydrogens (tertiary/aromatic N) is 1. The van der Waals surface area contributed by atoms with Gasteiger partial charge in [0, 0.05) is 4.47 Å². The largest absolute Gasteiger partial charge is 0.481 e. The maximum Gasteiger partial charge on any atom is 0.264 e. The normalized spacial score (nSPS) is 10.5. The van der Waals surface area contributed by atoms with E-state index in [4.69, 9.17) is 10.5 Å². The van der Waals surface area contributed by atoms with Gasteiger partial charge in [0.25, 0.3) is 5.91 Å². The number of nitrogens with two attached hydrogens (primary N) is 1. The molecule has 3 N–H and O–H groups in total. The molecule has 6 nitrogen and oxygen atoms in total. The van der Waals surface area contributed by atoms with Crippen molar-refractivity contribution in [3.63, 3.8) is 0 Å².